The van der Waals surface area contributed by atoms with Crippen molar-refractivity contribution in [3.8, 4) is 0 Å². The van der Waals surface area contributed by atoms with Crippen molar-refractivity contribution in [3.05, 3.63) is 35.9 Å². The van der Waals surface area contributed by atoms with Crippen LogP contribution in [0.5, 0.6) is 0 Å². The Hall–Kier alpha value is -1.96. The first-order valence-electron chi connectivity index (χ1n) is 8.78. The minimum Gasteiger partial charge on any atom is -0.379 e. The molecule has 2 aliphatic rings. The molecule has 0 radical (unpaired) electrons. The molecule has 1 aromatic carbocycles. The summed E-state index contributed by atoms with van der Waals surface area (Å²) in [6, 6.07) is 8.98. The van der Waals surface area contributed by atoms with E-state index in [0.717, 1.165) is 44.8 Å². The van der Waals surface area contributed by atoms with Gasteiger partial charge in [-0.05, 0) is 18.5 Å². The summed E-state index contributed by atoms with van der Waals surface area (Å²) in [5.41, 5.74) is 0.865. The third kappa shape index (κ3) is 5.01. The number of carbonyl (C=O) groups is 2. The normalized spacial score (nSPS) is 24.6. The van der Waals surface area contributed by atoms with Crippen LogP contribution in [0.15, 0.2) is 30.3 Å². The molecule has 2 saturated heterocycles. The molecular formula is C18H25N3O4. The summed E-state index contributed by atoms with van der Waals surface area (Å²) >= 11 is 0. The van der Waals surface area contributed by atoms with Gasteiger partial charge in [0.2, 0.25) is 5.91 Å². The first-order chi connectivity index (χ1) is 12.2. The Morgan fingerprint density at radius 3 is 2.76 bits per heavy atom. The summed E-state index contributed by atoms with van der Waals surface area (Å²) in [6.07, 6.45) is 0.171. The van der Waals surface area contributed by atoms with Gasteiger partial charge in [0.05, 0.1) is 19.3 Å². The highest BCUT2D eigenvalue weighted by Crippen LogP contribution is 2.22. The van der Waals surface area contributed by atoms with E-state index in [9.17, 15) is 9.59 Å². The van der Waals surface area contributed by atoms with Gasteiger partial charge < -0.3 is 20.1 Å². The summed E-state index contributed by atoms with van der Waals surface area (Å²) in [6.45, 7) is 4.89. The molecule has 1 aromatic rings. The first kappa shape index (κ1) is 17.8. The average molecular weight is 347 g/mol. The van der Waals surface area contributed by atoms with Crippen molar-refractivity contribution in [1.29, 1.82) is 0 Å². The molecule has 7 heteroatoms. The highest BCUT2D eigenvalue weighted by molar-refractivity contribution is 5.86. The van der Waals surface area contributed by atoms with Crippen LogP contribution in [0.25, 0.3) is 0 Å². The van der Waals surface area contributed by atoms with Crippen LogP contribution in [0.1, 0.15) is 18.0 Å². The summed E-state index contributed by atoms with van der Waals surface area (Å²) in [5.74, 6) is -0.388. The summed E-state index contributed by atoms with van der Waals surface area (Å²) < 4.78 is 10.8. The molecule has 0 bridgehead atoms. The van der Waals surface area contributed by atoms with Crippen LogP contribution in [0.4, 0.5) is 0 Å². The third-order valence-electron chi connectivity index (χ3n) is 4.48. The van der Waals surface area contributed by atoms with Gasteiger partial charge in [-0.3, -0.25) is 14.5 Å². The molecule has 2 amide bonds. The number of amides is 2. The lowest BCUT2D eigenvalue weighted by Gasteiger charge is -2.32. The Bertz CT molecular complexity index is 575. The van der Waals surface area contributed by atoms with Crippen molar-refractivity contribution >= 4 is 11.8 Å². The van der Waals surface area contributed by atoms with E-state index in [1.807, 2.05) is 30.3 Å². The Morgan fingerprint density at radius 1 is 1.24 bits per heavy atom. The van der Waals surface area contributed by atoms with Gasteiger partial charge in [-0.2, -0.15) is 0 Å². The number of morpholine rings is 2. The van der Waals surface area contributed by atoms with E-state index in [1.54, 1.807) is 0 Å². The molecule has 0 saturated carbocycles. The number of rotatable bonds is 6. The Balaban J connectivity index is 1.49. The summed E-state index contributed by atoms with van der Waals surface area (Å²) in [7, 11) is 0. The molecule has 3 rings (SSSR count). The van der Waals surface area contributed by atoms with Crippen LogP contribution in [-0.2, 0) is 19.1 Å². The molecule has 0 aliphatic carbocycles. The molecule has 136 valence electrons. The fraction of sp³-hybridized carbons (Fsp3) is 0.556. The van der Waals surface area contributed by atoms with Crippen molar-refractivity contribution in [2.75, 3.05) is 46.0 Å². The minimum absolute atomic E-state index is 0.0881. The fourth-order valence-electron chi connectivity index (χ4n) is 3.14. The van der Waals surface area contributed by atoms with Gasteiger partial charge in [0.15, 0.2) is 6.10 Å². The topological polar surface area (TPSA) is 79.9 Å². The fourth-order valence-corrected chi connectivity index (χ4v) is 3.14. The van der Waals surface area contributed by atoms with Crippen molar-refractivity contribution in [2.45, 2.75) is 18.6 Å². The molecule has 25 heavy (non-hydrogen) atoms. The first-order valence-corrected chi connectivity index (χ1v) is 8.78. The second-order valence-corrected chi connectivity index (χ2v) is 6.29. The molecule has 2 heterocycles. The highest BCUT2D eigenvalue weighted by Gasteiger charge is 2.35. The van der Waals surface area contributed by atoms with E-state index < -0.39 is 12.1 Å². The summed E-state index contributed by atoms with van der Waals surface area (Å²) in [5, 5.41) is 5.79. The molecule has 2 fully saturated rings. The van der Waals surface area contributed by atoms with Gasteiger partial charge in [0.25, 0.3) is 5.91 Å². The van der Waals surface area contributed by atoms with Crippen molar-refractivity contribution in [3.63, 3.8) is 0 Å². The van der Waals surface area contributed by atoms with Crippen molar-refractivity contribution < 1.29 is 19.1 Å². The zero-order valence-corrected chi connectivity index (χ0v) is 14.3. The number of hydrogen-bond donors (Lipinski definition) is 2. The maximum atomic E-state index is 12.5. The lowest BCUT2D eigenvalue weighted by molar-refractivity contribution is -0.148. The molecule has 2 aliphatic heterocycles. The predicted molar refractivity (Wildman–Crippen MR) is 92.0 cm³/mol. The molecule has 7 nitrogen and oxygen atoms in total. The minimum atomic E-state index is -0.705. The largest absolute Gasteiger partial charge is 0.379 e. The number of nitrogens with zero attached hydrogens (tertiary/aromatic N) is 1. The van der Waals surface area contributed by atoms with E-state index >= 15 is 0 Å². The maximum Gasteiger partial charge on any atom is 0.251 e. The smallest absolute Gasteiger partial charge is 0.251 e. The van der Waals surface area contributed by atoms with Crippen LogP contribution in [-0.4, -0.2) is 68.8 Å². The van der Waals surface area contributed by atoms with E-state index in [2.05, 4.69) is 15.5 Å². The molecule has 0 spiro atoms. The third-order valence-corrected chi connectivity index (χ3v) is 4.48. The van der Waals surface area contributed by atoms with Crippen LogP contribution < -0.4 is 10.6 Å². The van der Waals surface area contributed by atoms with Crippen LogP contribution in [0, 0.1) is 0 Å². The Morgan fingerprint density at radius 2 is 2.00 bits per heavy atom. The Labute approximate surface area is 147 Å². The lowest BCUT2D eigenvalue weighted by Crippen LogP contribution is -2.52. The van der Waals surface area contributed by atoms with Crippen LogP contribution >= 0.6 is 0 Å². The van der Waals surface area contributed by atoms with Gasteiger partial charge in [-0.25, -0.2) is 0 Å². The monoisotopic (exact) mass is 347 g/mol. The highest BCUT2D eigenvalue weighted by atomic mass is 16.5. The quantitative estimate of drug-likeness (QED) is 0.713. The van der Waals surface area contributed by atoms with Crippen molar-refractivity contribution in [2.24, 2.45) is 0 Å². The van der Waals surface area contributed by atoms with E-state index in [-0.39, 0.29) is 18.4 Å². The lowest BCUT2D eigenvalue weighted by atomic mass is 9.99. The molecule has 2 atom stereocenters. The Kier molecular flexibility index (Phi) is 6.38. The maximum absolute atomic E-state index is 12.5. The number of ether oxygens (including phenoxy) is 2. The molecule has 0 aromatic heterocycles. The number of carbonyl (C=O) groups excluding carboxylic acids is 2. The van der Waals surface area contributed by atoms with Crippen molar-refractivity contribution in [1.82, 2.24) is 15.5 Å². The standard InChI is InChI=1S/C18H25N3O4/c22-15-13-25-17(16(20-15)14-5-2-1-3-6-14)18(23)19-7-4-8-21-9-11-24-12-10-21/h1-3,5-6,16-17H,4,7-13H2,(H,19,23)(H,20,22). The molecule has 2 unspecified atom stereocenters. The van der Waals surface area contributed by atoms with Gasteiger partial charge in [0, 0.05) is 19.6 Å². The summed E-state index contributed by atoms with van der Waals surface area (Å²) in [4.78, 5) is 26.5. The van der Waals surface area contributed by atoms with E-state index in [4.69, 9.17) is 9.47 Å². The molecular weight excluding hydrogens is 322 g/mol. The molecule has 2 N–H and O–H groups in total. The van der Waals surface area contributed by atoms with Gasteiger partial charge in [-0.15, -0.1) is 0 Å². The number of hydrogen-bond acceptors (Lipinski definition) is 5. The number of nitrogens with one attached hydrogen (secondary N) is 2. The second-order valence-electron chi connectivity index (χ2n) is 6.29. The van der Waals surface area contributed by atoms with Gasteiger partial charge >= 0.3 is 0 Å². The zero-order valence-electron chi connectivity index (χ0n) is 14.3. The second kappa shape index (κ2) is 8.94. The van der Waals surface area contributed by atoms with Crippen LogP contribution in [0.3, 0.4) is 0 Å². The van der Waals surface area contributed by atoms with E-state index in [1.165, 1.54) is 0 Å². The van der Waals surface area contributed by atoms with Gasteiger partial charge in [-0.1, -0.05) is 30.3 Å². The van der Waals surface area contributed by atoms with Crippen LogP contribution in [0.2, 0.25) is 0 Å². The van der Waals surface area contributed by atoms with Gasteiger partial charge in [0.1, 0.15) is 6.61 Å². The van der Waals surface area contributed by atoms with E-state index in [0.29, 0.717) is 6.54 Å². The predicted octanol–water partition coefficient (Wildman–Crippen LogP) is 0.0812. The SMILES string of the molecule is O=C1COC(C(=O)NCCCN2CCOCC2)C(c2ccccc2)N1. The zero-order chi connectivity index (χ0) is 17.5. The average Bonchev–Trinajstić information content (AvgIpc) is 2.66. The number of benzene rings is 1.